The normalized spacial score (nSPS) is 14.8. The number of aromatic nitrogens is 2. The zero-order valence-corrected chi connectivity index (χ0v) is 9.95. The molecule has 1 aromatic carbocycles. The molecule has 3 rings (SSSR count). The minimum atomic E-state index is -0.473. The zero-order valence-electron chi connectivity index (χ0n) is 9.95. The van der Waals surface area contributed by atoms with Gasteiger partial charge in [-0.05, 0) is 31.4 Å². The molecule has 1 aromatic heterocycles. The maximum atomic E-state index is 13.7. The number of nitrogens with one attached hydrogen (secondary N) is 1. The number of nitrogens with zero attached hydrogens (tertiary/aromatic N) is 2. The van der Waals surface area contributed by atoms with Crippen molar-refractivity contribution in [2.75, 3.05) is 5.32 Å². The van der Waals surface area contributed by atoms with Gasteiger partial charge in [-0.2, -0.15) is 0 Å². The van der Waals surface area contributed by atoms with Gasteiger partial charge >= 0.3 is 0 Å². The zero-order chi connectivity index (χ0) is 12.7. The van der Waals surface area contributed by atoms with Crippen LogP contribution in [0.1, 0.15) is 24.4 Å². The van der Waals surface area contributed by atoms with Crippen molar-refractivity contribution in [2.45, 2.75) is 25.8 Å². The van der Waals surface area contributed by atoms with Crippen LogP contribution in [0.3, 0.4) is 0 Å². The van der Waals surface area contributed by atoms with E-state index in [2.05, 4.69) is 10.3 Å². The van der Waals surface area contributed by atoms with Crippen LogP contribution in [-0.4, -0.2) is 9.55 Å². The standard InChI is InChI=1S/C13H13F2N3/c1-8-6-11(15)12(7-10(8)14)17-13-16-4-5-18(13)9-2-3-9/h4-7,9H,2-3H2,1H3,(H,16,17). The number of anilines is 2. The van der Waals surface area contributed by atoms with Crippen molar-refractivity contribution in [3.05, 3.63) is 41.7 Å². The molecule has 0 radical (unpaired) electrons. The highest BCUT2D eigenvalue weighted by Crippen LogP contribution is 2.37. The van der Waals surface area contributed by atoms with E-state index in [1.807, 2.05) is 10.8 Å². The Morgan fingerprint density at radius 2 is 2.06 bits per heavy atom. The molecule has 0 unspecified atom stereocenters. The van der Waals surface area contributed by atoms with Gasteiger partial charge in [-0.1, -0.05) is 0 Å². The first-order chi connectivity index (χ1) is 8.65. The predicted molar refractivity (Wildman–Crippen MR) is 64.9 cm³/mol. The van der Waals surface area contributed by atoms with E-state index in [4.69, 9.17) is 0 Å². The Kier molecular flexibility index (Phi) is 2.54. The fraction of sp³-hybridized carbons (Fsp3) is 0.308. The first kappa shape index (κ1) is 11.2. The van der Waals surface area contributed by atoms with Gasteiger partial charge in [0.1, 0.15) is 11.6 Å². The Balaban J connectivity index is 1.92. The number of imidazole rings is 1. The lowest BCUT2D eigenvalue weighted by Crippen LogP contribution is -2.03. The summed E-state index contributed by atoms with van der Waals surface area (Å²) in [6, 6.07) is 2.78. The van der Waals surface area contributed by atoms with Crippen LogP contribution < -0.4 is 5.32 Å². The molecule has 0 amide bonds. The average Bonchev–Trinajstić information content (AvgIpc) is 3.07. The van der Waals surface area contributed by atoms with Gasteiger partial charge in [0, 0.05) is 24.5 Å². The fourth-order valence-corrected chi connectivity index (χ4v) is 1.92. The van der Waals surface area contributed by atoms with E-state index >= 15 is 0 Å². The predicted octanol–water partition coefficient (Wildman–Crippen LogP) is 3.55. The molecule has 1 N–H and O–H groups in total. The molecular formula is C13H13F2N3. The van der Waals surface area contributed by atoms with Crippen LogP contribution in [0.4, 0.5) is 20.4 Å². The van der Waals surface area contributed by atoms with Crippen LogP contribution >= 0.6 is 0 Å². The number of rotatable bonds is 3. The summed E-state index contributed by atoms with van der Waals surface area (Å²) in [5.41, 5.74) is 0.412. The van der Waals surface area contributed by atoms with Gasteiger partial charge in [-0.15, -0.1) is 0 Å². The smallest absolute Gasteiger partial charge is 0.207 e. The van der Waals surface area contributed by atoms with Crippen molar-refractivity contribution in [3.8, 4) is 0 Å². The van der Waals surface area contributed by atoms with Gasteiger partial charge in [-0.3, -0.25) is 0 Å². The summed E-state index contributed by atoms with van der Waals surface area (Å²) in [7, 11) is 0. The molecule has 1 aliphatic carbocycles. The Labute approximate surface area is 103 Å². The molecule has 1 aliphatic rings. The van der Waals surface area contributed by atoms with Crippen molar-refractivity contribution in [2.24, 2.45) is 0 Å². The number of halogens is 2. The van der Waals surface area contributed by atoms with E-state index in [0.29, 0.717) is 17.6 Å². The van der Waals surface area contributed by atoms with Crippen molar-refractivity contribution in [1.29, 1.82) is 0 Å². The van der Waals surface area contributed by atoms with Crippen LogP contribution in [0.15, 0.2) is 24.5 Å². The van der Waals surface area contributed by atoms with E-state index < -0.39 is 11.6 Å². The second kappa shape index (κ2) is 4.08. The highest BCUT2D eigenvalue weighted by molar-refractivity contribution is 5.55. The van der Waals surface area contributed by atoms with E-state index in [1.165, 1.54) is 13.0 Å². The quantitative estimate of drug-likeness (QED) is 0.901. The maximum absolute atomic E-state index is 13.7. The summed E-state index contributed by atoms with van der Waals surface area (Å²) >= 11 is 0. The molecule has 1 saturated carbocycles. The Morgan fingerprint density at radius 3 is 2.78 bits per heavy atom. The van der Waals surface area contributed by atoms with Crippen molar-refractivity contribution in [3.63, 3.8) is 0 Å². The lowest BCUT2D eigenvalue weighted by molar-refractivity contribution is 0.595. The molecule has 0 aliphatic heterocycles. The van der Waals surface area contributed by atoms with Gasteiger partial charge in [0.25, 0.3) is 0 Å². The molecular weight excluding hydrogens is 236 g/mol. The Morgan fingerprint density at radius 1 is 1.28 bits per heavy atom. The second-order valence-electron chi connectivity index (χ2n) is 4.60. The molecule has 5 heteroatoms. The number of hydrogen-bond donors (Lipinski definition) is 1. The van der Waals surface area contributed by atoms with E-state index in [-0.39, 0.29) is 5.69 Å². The van der Waals surface area contributed by atoms with E-state index in [9.17, 15) is 8.78 Å². The molecule has 2 aromatic rings. The molecule has 3 nitrogen and oxygen atoms in total. The third-order valence-electron chi connectivity index (χ3n) is 3.10. The third-order valence-corrected chi connectivity index (χ3v) is 3.10. The lowest BCUT2D eigenvalue weighted by atomic mass is 10.2. The van der Waals surface area contributed by atoms with Gasteiger partial charge in [-0.25, -0.2) is 13.8 Å². The van der Waals surface area contributed by atoms with Crippen LogP contribution in [-0.2, 0) is 0 Å². The van der Waals surface area contributed by atoms with Crippen LogP contribution in [0, 0.1) is 18.6 Å². The van der Waals surface area contributed by atoms with Gasteiger partial charge in [0.05, 0.1) is 5.69 Å². The van der Waals surface area contributed by atoms with E-state index in [0.717, 1.165) is 18.9 Å². The minimum absolute atomic E-state index is 0.117. The SMILES string of the molecule is Cc1cc(F)c(Nc2nccn2C2CC2)cc1F. The topological polar surface area (TPSA) is 29.9 Å². The molecule has 0 spiro atoms. The number of hydrogen-bond acceptors (Lipinski definition) is 2. The Bertz CT molecular complexity index is 588. The molecule has 18 heavy (non-hydrogen) atoms. The largest absolute Gasteiger partial charge is 0.323 e. The summed E-state index contributed by atoms with van der Waals surface area (Å²) in [6.07, 6.45) is 5.72. The summed E-state index contributed by atoms with van der Waals surface area (Å²) in [5, 5.41) is 2.85. The molecule has 0 saturated heterocycles. The van der Waals surface area contributed by atoms with Crippen LogP contribution in [0.25, 0.3) is 0 Å². The molecule has 1 fully saturated rings. The maximum Gasteiger partial charge on any atom is 0.207 e. The summed E-state index contributed by atoms with van der Waals surface area (Å²) in [6.45, 7) is 1.54. The number of aryl methyl sites for hydroxylation is 1. The lowest BCUT2D eigenvalue weighted by Gasteiger charge is -2.10. The van der Waals surface area contributed by atoms with Gasteiger partial charge < -0.3 is 9.88 Å². The van der Waals surface area contributed by atoms with Crippen LogP contribution in [0.5, 0.6) is 0 Å². The first-order valence-corrected chi connectivity index (χ1v) is 5.90. The van der Waals surface area contributed by atoms with E-state index in [1.54, 1.807) is 6.20 Å². The molecule has 1 heterocycles. The average molecular weight is 249 g/mol. The number of benzene rings is 1. The van der Waals surface area contributed by atoms with Crippen molar-refractivity contribution >= 4 is 11.6 Å². The monoisotopic (exact) mass is 249 g/mol. The highest BCUT2D eigenvalue weighted by Gasteiger charge is 2.25. The molecule has 0 atom stereocenters. The highest BCUT2D eigenvalue weighted by atomic mass is 19.1. The summed E-state index contributed by atoms with van der Waals surface area (Å²) in [4.78, 5) is 4.13. The molecule has 0 bridgehead atoms. The Hall–Kier alpha value is -1.91. The van der Waals surface area contributed by atoms with Gasteiger partial charge in [0.2, 0.25) is 5.95 Å². The molecule has 94 valence electrons. The second-order valence-corrected chi connectivity index (χ2v) is 4.60. The minimum Gasteiger partial charge on any atom is -0.323 e. The van der Waals surface area contributed by atoms with Gasteiger partial charge in [0.15, 0.2) is 0 Å². The van der Waals surface area contributed by atoms with Crippen molar-refractivity contribution < 1.29 is 8.78 Å². The van der Waals surface area contributed by atoms with Crippen molar-refractivity contribution in [1.82, 2.24) is 9.55 Å². The summed E-state index contributed by atoms with van der Waals surface area (Å²) < 4.78 is 29.1. The first-order valence-electron chi connectivity index (χ1n) is 5.90. The third kappa shape index (κ3) is 1.96. The fourth-order valence-electron chi connectivity index (χ4n) is 1.92. The summed E-state index contributed by atoms with van der Waals surface area (Å²) in [5.74, 6) is -0.345. The van der Waals surface area contributed by atoms with Crippen LogP contribution in [0.2, 0.25) is 0 Å².